The van der Waals surface area contributed by atoms with E-state index in [1.807, 2.05) is 6.92 Å². The number of nitrogen functional groups attached to an aromatic ring is 1. The van der Waals surface area contributed by atoms with Gasteiger partial charge in [-0.25, -0.2) is 4.79 Å². The highest BCUT2D eigenvalue weighted by Crippen LogP contribution is 2.45. The van der Waals surface area contributed by atoms with E-state index in [0.29, 0.717) is 12.0 Å². The van der Waals surface area contributed by atoms with Crippen LogP contribution < -0.4 is 11.1 Å². The molecule has 1 aliphatic carbocycles. The Morgan fingerprint density at radius 1 is 0.971 bits per heavy atom. The SMILES string of the molecule is CCc1ccc(-c2c3ccc(=N)c(S(=O)(=O)O)c-3oc3c(S(=O)(=O)O)c(N)ccc23)c(C(=O)O)c1. The van der Waals surface area contributed by atoms with Crippen LogP contribution in [0.4, 0.5) is 5.69 Å². The maximum atomic E-state index is 12.2. The van der Waals surface area contributed by atoms with Crippen LogP contribution in [0.2, 0.25) is 0 Å². The minimum absolute atomic E-state index is 0.00917. The Morgan fingerprint density at radius 2 is 1.60 bits per heavy atom. The third-order valence-electron chi connectivity index (χ3n) is 5.51. The Morgan fingerprint density at radius 3 is 2.17 bits per heavy atom. The van der Waals surface area contributed by atoms with Crippen LogP contribution in [0.25, 0.3) is 33.4 Å². The standard InChI is InChI=1S/C22H18N2O9S2/c1-2-10-3-4-11(14(9-10)22(25)26)17-12-5-7-15(23)20(34(27,28)29)18(12)33-19-13(17)6-8-16(24)21(19)35(30,31)32/h3-9,23H,2,24H2,1H3,(H,25,26)(H,27,28,29)(H,30,31,32). The van der Waals surface area contributed by atoms with Gasteiger partial charge in [-0.05, 0) is 47.9 Å². The predicted octanol–water partition coefficient (Wildman–Crippen LogP) is 3.02. The Bertz CT molecular complexity index is 1790. The van der Waals surface area contributed by atoms with Crippen molar-refractivity contribution in [1.82, 2.24) is 0 Å². The molecule has 13 heteroatoms. The predicted molar refractivity (Wildman–Crippen MR) is 125 cm³/mol. The number of carboxylic acid groups (broad SMARTS) is 1. The van der Waals surface area contributed by atoms with E-state index in [1.54, 1.807) is 6.07 Å². The second-order valence-electron chi connectivity index (χ2n) is 7.65. The van der Waals surface area contributed by atoms with Crippen LogP contribution in [0.3, 0.4) is 0 Å². The van der Waals surface area contributed by atoms with E-state index >= 15 is 0 Å². The fourth-order valence-electron chi connectivity index (χ4n) is 4.00. The number of benzene rings is 3. The average Bonchev–Trinajstić information content (AvgIpc) is 2.75. The van der Waals surface area contributed by atoms with Gasteiger partial charge >= 0.3 is 5.97 Å². The van der Waals surface area contributed by atoms with Gasteiger partial charge in [0.1, 0.15) is 0 Å². The Kier molecular flexibility index (Phi) is 5.68. The molecule has 0 atom stereocenters. The monoisotopic (exact) mass is 518 g/mol. The third-order valence-corrected chi connectivity index (χ3v) is 7.36. The van der Waals surface area contributed by atoms with E-state index in [1.165, 1.54) is 30.3 Å². The van der Waals surface area contributed by atoms with Gasteiger partial charge in [0.25, 0.3) is 20.2 Å². The zero-order chi connectivity index (χ0) is 25.9. The van der Waals surface area contributed by atoms with Crippen molar-refractivity contribution in [2.45, 2.75) is 23.1 Å². The maximum Gasteiger partial charge on any atom is 0.336 e. The largest absolute Gasteiger partial charge is 0.478 e. The first-order chi connectivity index (χ1) is 16.3. The highest BCUT2D eigenvalue weighted by atomic mass is 32.2. The second-order valence-corrected chi connectivity index (χ2v) is 10.4. The van der Waals surface area contributed by atoms with Crippen LogP contribution in [0.15, 0.2) is 56.7 Å². The lowest BCUT2D eigenvalue weighted by atomic mass is 9.89. The van der Waals surface area contributed by atoms with Gasteiger partial charge in [-0.1, -0.05) is 19.1 Å². The van der Waals surface area contributed by atoms with Crippen molar-refractivity contribution in [2.75, 3.05) is 5.73 Å². The molecule has 0 saturated carbocycles. The molecule has 0 saturated heterocycles. The van der Waals surface area contributed by atoms with E-state index in [0.717, 1.165) is 6.07 Å². The van der Waals surface area contributed by atoms with Gasteiger partial charge in [0.05, 0.1) is 16.6 Å². The van der Waals surface area contributed by atoms with Crippen LogP contribution in [-0.2, 0) is 26.7 Å². The van der Waals surface area contributed by atoms with Crippen molar-refractivity contribution < 1.29 is 40.3 Å². The molecule has 1 heterocycles. The van der Waals surface area contributed by atoms with Crippen LogP contribution in [0, 0.1) is 5.41 Å². The molecule has 35 heavy (non-hydrogen) atoms. The molecule has 0 radical (unpaired) electrons. The number of aryl methyl sites for hydroxylation is 1. The van der Waals surface area contributed by atoms with Crippen LogP contribution in [0.5, 0.6) is 0 Å². The molecule has 6 N–H and O–H groups in total. The van der Waals surface area contributed by atoms with Gasteiger partial charge in [0.2, 0.25) is 0 Å². The third kappa shape index (κ3) is 4.04. The van der Waals surface area contributed by atoms with Crippen molar-refractivity contribution in [1.29, 1.82) is 5.41 Å². The summed E-state index contributed by atoms with van der Waals surface area (Å²) in [6.07, 6.45) is 0.519. The van der Waals surface area contributed by atoms with Gasteiger partial charge in [-0.3, -0.25) is 14.5 Å². The van der Waals surface area contributed by atoms with Crippen molar-refractivity contribution in [2.24, 2.45) is 0 Å². The van der Waals surface area contributed by atoms with E-state index in [2.05, 4.69) is 0 Å². The number of hydrogen-bond acceptors (Lipinski definition) is 8. The molecule has 2 aliphatic rings. The van der Waals surface area contributed by atoms with E-state index in [9.17, 15) is 35.8 Å². The van der Waals surface area contributed by atoms with Crippen molar-refractivity contribution in [3.63, 3.8) is 0 Å². The Balaban J connectivity index is 2.38. The average molecular weight is 519 g/mol. The summed E-state index contributed by atoms with van der Waals surface area (Å²) in [7, 11) is -10.1. The summed E-state index contributed by atoms with van der Waals surface area (Å²) < 4.78 is 73.9. The number of carbonyl (C=O) groups is 1. The van der Waals surface area contributed by atoms with E-state index in [4.69, 9.17) is 15.6 Å². The topological polar surface area (TPSA) is 209 Å². The molecule has 1 aliphatic heterocycles. The summed E-state index contributed by atoms with van der Waals surface area (Å²) in [5.74, 6) is -1.93. The molecule has 11 nitrogen and oxygen atoms in total. The molecular weight excluding hydrogens is 500 g/mol. The zero-order valence-corrected chi connectivity index (χ0v) is 19.6. The molecule has 0 fully saturated rings. The Hall–Kier alpha value is -3.78. The molecule has 0 unspecified atom stereocenters. The Labute approximate surface area is 198 Å². The first-order valence-electron chi connectivity index (χ1n) is 9.93. The summed E-state index contributed by atoms with van der Waals surface area (Å²) in [4.78, 5) is 10.3. The van der Waals surface area contributed by atoms with Crippen LogP contribution in [-0.4, -0.2) is 37.0 Å². The first kappa shape index (κ1) is 24.3. The lowest BCUT2D eigenvalue weighted by molar-refractivity contribution is 0.0697. The minimum Gasteiger partial charge on any atom is -0.478 e. The number of hydrogen-bond donors (Lipinski definition) is 5. The maximum absolute atomic E-state index is 12.2. The highest BCUT2D eigenvalue weighted by molar-refractivity contribution is 7.86. The number of nitrogens with one attached hydrogen (secondary N) is 1. The van der Waals surface area contributed by atoms with Crippen LogP contribution in [0.1, 0.15) is 22.8 Å². The fourth-order valence-corrected chi connectivity index (χ4v) is 5.49. The molecule has 0 aromatic heterocycles. The van der Waals surface area contributed by atoms with Gasteiger partial charge in [0, 0.05) is 16.5 Å². The fraction of sp³-hybridized carbons (Fsp3) is 0.0909. The van der Waals surface area contributed by atoms with Gasteiger partial charge in [0.15, 0.2) is 21.1 Å². The molecule has 2 aromatic carbocycles. The number of carboxylic acids is 1. The molecule has 0 spiro atoms. The summed E-state index contributed by atoms with van der Waals surface area (Å²) in [6.45, 7) is 1.82. The smallest absolute Gasteiger partial charge is 0.336 e. The minimum atomic E-state index is -5.06. The quantitative estimate of drug-likeness (QED) is 0.148. The number of anilines is 1. The van der Waals surface area contributed by atoms with Crippen molar-refractivity contribution in [3.05, 3.63) is 58.9 Å². The number of rotatable bonds is 5. The normalized spacial score (nSPS) is 12.3. The second kappa shape index (κ2) is 8.16. The lowest BCUT2D eigenvalue weighted by Gasteiger charge is -2.20. The van der Waals surface area contributed by atoms with Crippen molar-refractivity contribution in [3.8, 4) is 22.5 Å². The van der Waals surface area contributed by atoms with Crippen LogP contribution >= 0.6 is 0 Å². The number of fused-ring (bicyclic) bond motifs is 2. The van der Waals surface area contributed by atoms with Gasteiger partial charge in [-0.15, -0.1) is 0 Å². The van der Waals surface area contributed by atoms with Gasteiger partial charge < -0.3 is 15.3 Å². The lowest BCUT2D eigenvalue weighted by Crippen LogP contribution is -2.16. The van der Waals surface area contributed by atoms with Crippen molar-refractivity contribution >= 4 is 42.9 Å². The molecule has 4 rings (SSSR count). The highest BCUT2D eigenvalue weighted by Gasteiger charge is 2.31. The summed E-state index contributed by atoms with van der Waals surface area (Å²) in [5, 5.41) is 17.2. The molecule has 0 bridgehead atoms. The summed E-state index contributed by atoms with van der Waals surface area (Å²) in [5.41, 5.74) is 5.37. The van der Waals surface area contributed by atoms with E-state index < -0.39 is 58.4 Å². The molecule has 2 aromatic rings. The van der Waals surface area contributed by atoms with E-state index in [-0.39, 0.29) is 27.6 Å². The summed E-state index contributed by atoms with van der Waals surface area (Å²) >= 11 is 0. The van der Waals surface area contributed by atoms with Gasteiger partial charge in [-0.2, -0.15) is 16.8 Å². The molecule has 0 amide bonds. The first-order valence-corrected chi connectivity index (χ1v) is 12.8. The molecule has 182 valence electrons. The summed E-state index contributed by atoms with van der Waals surface area (Å²) in [6, 6.07) is 9.39. The molecular formula is C22H18N2O9S2. The number of nitrogens with two attached hydrogens (primary N) is 1. The zero-order valence-electron chi connectivity index (χ0n) is 17.9. The number of aromatic carboxylic acids is 1.